The van der Waals surface area contributed by atoms with Gasteiger partial charge in [-0.2, -0.15) is 4.98 Å². The van der Waals surface area contributed by atoms with E-state index < -0.39 is 9.84 Å². The molecule has 158 valence electrons. The first-order valence-electron chi connectivity index (χ1n) is 10.6. The second-order valence-electron chi connectivity index (χ2n) is 8.11. The van der Waals surface area contributed by atoms with E-state index in [0.717, 1.165) is 49.0 Å². The first-order valence-corrected chi connectivity index (χ1v) is 12.0. The normalized spacial score (nSPS) is 15.5. The Hall–Kier alpha value is -2.60. The minimum absolute atomic E-state index is 0.0135. The van der Waals surface area contributed by atoms with Crippen molar-refractivity contribution in [1.29, 1.82) is 0 Å². The molecule has 5 nitrogen and oxygen atoms in total. The molecule has 0 aliphatic carbocycles. The van der Waals surface area contributed by atoms with Gasteiger partial charge in [-0.1, -0.05) is 44.2 Å². The molecular weight excluding hydrogens is 396 g/mol. The molecule has 6 heteroatoms. The summed E-state index contributed by atoms with van der Waals surface area (Å²) in [5.74, 6) is 1.34. The predicted octanol–water partition coefficient (Wildman–Crippen LogP) is 5.28. The van der Waals surface area contributed by atoms with E-state index in [4.69, 9.17) is 4.42 Å². The number of benzene rings is 2. The summed E-state index contributed by atoms with van der Waals surface area (Å²) in [6, 6.07) is 14.8. The number of hydrogen-bond donors (Lipinski definition) is 0. The van der Waals surface area contributed by atoms with Crippen LogP contribution in [-0.4, -0.2) is 26.5 Å². The van der Waals surface area contributed by atoms with E-state index in [1.54, 1.807) is 12.1 Å². The summed E-state index contributed by atoms with van der Waals surface area (Å²) in [7, 11) is -3.80. The molecule has 0 bridgehead atoms. The lowest BCUT2D eigenvalue weighted by Gasteiger charge is -2.30. The third-order valence-corrected chi connectivity index (χ3v) is 7.59. The summed E-state index contributed by atoms with van der Waals surface area (Å²) in [5.41, 5.74) is 2.90. The number of nitrogens with zero attached hydrogens (tertiary/aromatic N) is 2. The fourth-order valence-corrected chi connectivity index (χ4v) is 5.15. The highest BCUT2D eigenvalue weighted by molar-refractivity contribution is 7.91. The molecule has 0 atom stereocenters. The van der Waals surface area contributed by atoms with E-state index in [-0.39, 0.29) is 9.92 Å². The third kappa shape index (κ3) is 3.88. The molecule has 1 saturated heterocycles. The van der Waals surface area contributed by atoms with Crippen LogP contribution in [0.4, 0.5) is 5.88 Å². The zero-order chi connectivity index (χ0) is 21.3. The average Bonchev–Trinajstić information content (AvgIpc) is 3.21. The molecule has 2 aromatic carbocycles. The molecule has 1 fully saturated rings. The Balaban J connectivity index is 1.83. The molecule has 30 heavy (non-hydrogen) atoms. The third-order valence-electron chi connectivity index (χ3n) is 5.92. The van der Waals surface area contributed by atoms with E-state index in [1.165, 1.54) is 0 Å². The second-order valence-corrected chi connectivity index (χ2v) is 9.98. The fraction of sp³-hybridized carbons (Fsp3) is 0.375. The Labute approximate surface area is 178 Å². The maximum absolute atomic E-state index is 13.5. The first kappa shape index (κ1) is 20.7. The maximum Gasteiger partial charge on any atom is 0.236 e. The van der Waals surface area contributed by atoms with Gasteiger partial charge in [-0.05, 0) is 61.4 Å². The summed E-state index contributed by atoms with van der Waals surface area (Å²) in [6.07, 6.45) is 2.87. The molecule has 0 saturated carbocycles. The van der Waals surface area contributed by atoms with E-state index >= 15 is 0 Å². The molecule has 0 radical (unpaired) electrons. The van der Waals surface area contributed by atoms with Crippen LogP contribution in [-0.2, 0) is 16.3 Å². The lowest BCUT2D eigenvalue weighted by Crippen LogP contribution is -2.33. The molecule has 1 aliphatic heterocycles. The molecule has 1 aromatic heterocycles. The van der Waals surface area contributed by atoms with Crippen LogP contribution >= 0.6 is 0 Å². The smallest absolute Gasteiger partial charge is 0.236 e. The Morgan fingerprint density at radius 1 is 1.07 bits per heavy atom. The topological polar surface area (TPSA) is 63.4 Å². The number of piperidine rings is 1. The highest BCUT2D eigenvalue weighted by Gasteiger charge is 2.32. The standard InChI is InChI=1S/C24H28N2O3S/c1-4-19-9-11-20(12-10-19)30(27,28)23-24(26-15-13-17(2)14-16-26)29-22(25-23)21-8-6-5-7-18(21)3/h5-12,17H,4,13-16H2,1-3H3. The number of aryl methyl sites for hydroxylation is 2. The van der Waals surface area contributed by atoms with Crippen molar-refractivity contribution in [2.45, 2.75) is 50.0 Å². The van der Waals surface area contributed by atoms with Gasteiger partial charge in [-0.25, -0.2) is 8.42 Å². The van der Waals surface area contributed by atoms with Crippen molar-refractivity contribution >= 4 is 15.7 Å². The van der Waals surface area contributed by atoms with Crippen LogP contribution in [0.1, 0.15) is 37.8 Å². The van der Waals surface area contributed by atoms with Crippen LogP contribution in [0.3, 0.4) is 0 Å². The molecule has 0 spiro atoms. The van der Waals surface area contributed by atoms with Crippen molar-refractivity contribution in [2.75, 3.05) is 18.0 Å². The monoisotopic (exact) mass is 424 g/mol. The highest BCUT2D eigenvalue weighted by Crippen LogP contribution is 2.37. The maximum atomic E-state index is 13.5. The number of sulfone groups is 1. The van der Waals surface area contributed by atoms with E-state index in [2.05, 4.69) is 11.9 Å². The second kappa shape index (κ2) is 8.26. The van der Waals surface area contributed by atoms with Gasteiger partial charge in [0, 0.05) is 18.7 Å². The minimum atomic E-state index is -3.80. The number of oxazole rings is 1. The quantitative estimate of drug-likeness (QED) is 0.557. The molecule has 0 unspecified atom stereocenters. The predicted molar refractivity (Wildman–Crippen MR) is 119 cm³/mol. The number of hydrogen-bond acceptors (Lipinski definition) is 5. The molecular formula is C24H28N2O3S. The number of anilines is 1. The van der Waals surface area contributed by atoms with Crippen molar-refractivity contribution < 1.29 is 12.8 Å². The van der Waals surface area contributed by atoms with Crippen LogP contribution in [0.15, 0.2) is 62.9 Å². The number of rotatable bonds is 5. The van der Waals surface area contributed by atoms with Gasteiger partial charge in [0.05, 0.1) is 4.90 Å². The molecule has 4 rings (SSSR count). The van der Waals surface area contributed by atoms with E-state index in [9.17, 15) is 8.42 Å². The number of aromatic nitrogens is 1. The Morgan fingerprint density at radius 3 is 2.37 bits per heavy atom. The van der Waals surface area contributed by atoms with Crippen LogP contribution in [0.5, 0.6) is 0 Å². The molecule has 2 heterocycles. The van der Waals surface area contributed by atoms with Gasteiger partial charge in [0.2, 0.25) is 26.6 Å². The largest absolute Gasteiger partial charge is 0.419 e. The molecule has 0 N–H and O–H groups in total. The van der Waals surface area contributed by atoms with Gasteiger partial charge < -0.3 is 9.32 Å². The van der Waals surface area contributed by atoms with E-state index in [0.29, 0.717) is 17.7 Å². The van der Waals surface area contributed by atoms with Crippen molar-refractivity contribution in [3.63, 3.8) is 0 Å². The van der Waals surface area contributed by atoms with Crippen LogP contribution < -0.4 is 4.90 Å². The van der Waals surface area contributed by atoms with Gasteiger partial charge >= 0.3 is 0 Å². The van der Waals surface area contributed by atoms with Gasteiger partial charge in [0.15, 0.2) is 0 Å². The van der Waals surface area contributed by atoms with Crippen molar-refractivity contribution in [2.24, 2.45) is 5.92 Å². The van der Waals surface area contributed by atoms with Gasteiger partial charge in [-0.3, -0.25) is 0 Å². The van der Waals surface area contributed by atoms with Crippen LogP contribution in [0, 0.1) is 12.8 Å². The van der Waals surface area contributed by atoms with Gasteiger partial charge in [0.1, 0.15) is 0 Å². The average molecular weight is 425 g/mol. The summed E-state index contributed by atoms with van der Waals surface area (Å²) in [6.45, 7) is 7.77. The summed E-state index contributed by atoms with van der Waals surface area (Å²) in [4.78, 5) is 6.81. The lowest BCUT2D eigenvalue weighted by atomic mass is 9.99. The Bertz CT molecular complexity index is 1130. The van der Waals surface area contributed by atoms with Gasteiger partial charge in [0.25, 0.3) is 0 Å². The van der Waals surface area contributed by atoms with Crippen LogP contribution in [0.25, 0.3) is 11.5 Å². The highest BCUT2D eigenvalue weighted by atomic mass is 32.2. The zero-order valence-electron chi connectivity index (χ0n) is 17.8. The molecule has 3 aromatic rings. The van der Waals surface area contributed by atoms with Gasteiger partial charge in [-0.15, -0.1) is 0 Å². The van der Waals surface area contributed by atoms with Crippen molar-refractivity contribution in [3.8, 4) is 11.5 Å². The lowest BCUT2D eigenvalue weighted by molar-refractivity contribution is 0.415. The first-order chi connectivity index (χ1) is 14.4. The van der Waals surface area contributed by atoms with Crippen molar-refractivity contribution in [3.05, 3.63) is 59.7 Å². The van der Waals surface area contributed by atoms with Crippen molar-refractivity contribution in [1.82, 2.24) is 4.98 Å². The SMILES string of the molecule is CCc1ccc(S(=O)(=O)c2nc(-c3ccccc3C)oc2N2CCC(C)CC2)cc1. The minimum Gasteiger partial charge on any atom is -0.419 e. The Morgan fingerprint density at radius 2 is 1.73 bits per heavy atom. The summed E-state index contributed by atoms with van der Waals surface area (Å²) >= 11 is 0. The summed E-state index contributed by atoms with van der Waals surface area (Å²) in [5, 5.41) is 0.0135. The van der Waals surface area contributed by atoms with E-state index in [1.807, 2.05) is 55.1 Å². The Kier molecular flexibility index (Phi) is 5.69. The molecule has 1 aliphatic rings. The molecule has 0 amide bonds. The van der Waals surface area contributed by atoms with Crippen LogP contribution in [0.2, 0.25) is 0 Å². The fourth-order valence-electron chi connectivity index (χ4n) is 3.83. The zero-order valence-corrected chi connectivity index (χ0v) is 18.6. The summed E-state index contributed by atoms with van der Waals surface area (Å²) < 4.78 is 33.2.